The van der Waals surface area contributed by atoms with Crippen molar-refractivity contribution in [2.24, 2.45) is 0 Å². The molecule has 0 aliphatic carbocycles. The smallest absolute Gasteiger partial charge is 0.242 e. The van der Waals surface area contributed by atoms with Gasteiger partial charge in [0, 0.05) is 31.4 Å². The summed E-state index contributed by atoms with van der Waals surface area (Å²) in [7, 11) is 0. The SMILES string of the molecule is Cc1nc(C)n(CCCNC(=O)[C@@H](C)n2ccnc2C(C)C)n1. The highest BCUT2D eigenvalue weighted by Crippen LogP contribution is 2.17. The summed E-state index contributed by atoms with van der Waals surface area (Å²) in [6, 6.07) is -0.259. The van der Waals surface area contributed by atoms with Gasteiger partial charge in [-0.25, -0.2) is 9.97 Å². The molecule has 7 heteroatoms. The third-order valence-corrected chi connectivity index (χ3v) is 3.82. The Morgan fingerprint density at radius 2 is 2.04 bits per heavy atom. The van der Waals surface area contributed by atoms with Crippen molar-refractivity contribution >= 4 is 5.91 Å². The predicted molar refractivity (Wildman–Crippen MR) is 88.1 cm³/mol. The molecule has 1 atom stereocenters. The zero-order valence-corrected chi connectivity index (χ0v) is 14.6. The van der Waals surface area contributed by atoms with Gasteiger partial charge in [-0.3, -0.25) is 9.48 Å². The summed E-state index contributed by atoms with van der Waals surface area (Å²) in [5.41, 5.74) is 0. The Bertz CT molecular complexity index is 657. The van der Waals surface area contributed by atoms with Crippen LogP contribution in [-0.4, -0.2) is 36.8 Å². The summed E-state index contributed by atoms with van der Waals surface area (Å²) in [6.45, 7) is 11.2. The Kier molecular flexibility index (Phi) is 5.52. The first kappa shape index (κ1) is 17.2. The van der Waals surface area contributed by atoms with Gasteiger partial charge in [-0.05, 0) is 27.2 Å². The molecule has 2 heterocycles. The lowest BCUT2D eigenvalue weighted by Crippen LogP contribution is -2.32. The lowest BCUT2D eigenvalue weighted by Gasteiger charge is -2.17. The zero-order chi connectivity index (χ0) is 17.0. The highest BCUT2D eigenvalue weighted by Gasteiger charge is 2.18. The minimum Gasteiger partial charge on any atom is -0.354 e. The molecule has 2 aromatic heterocycles. The molecule has 23 heavy (non-hydrogen) atoms. The molecule has 2 aromatic rings. The Balaban J connectivity index is 1.82. The quantitative estimate of drug-likeness (QED) is 0.792. The molecule has 0 saturated heterocycles. The highest BCUT2D eigenvalue weighted by atomic mass is 16.2. The maximum Gasteiger partial charge on any atom is 0.242 e. The number of imidazole rings is 1. The summed E-state index contributed by atoms with van der Waals surface area (Å²) in [5.74, 6) is 2.92. The van der Waals surface area contributed by atoms with Gasteiger partial charge < -0.3 is 9.88 Å². The van der Waals surface area contributed by atoms with Crippen molar-refractivity contribution in [3.63, 3.8) is 0 Å². The molecule has 0 aliphatic heterocycles. The van der Waals surface area contributed by atoms with Gasteiger partial charge in [-0.15, -0.1) is 0 Å². The fourth-order valence-electron chi connectivity index (χ4n) is 2.59. The van der Waals surface area contributed by atoms with Gasteiger partial charge in [0.15, 0.2) is 0 Å². The van der Waals surface area contributed by atoms with Crippen molar-refractivity contribution in [3.8, 4) is 0 Å². The molecule has 1 N–H and O–H groups in total. The van der Waals surface area contributed by atoms with Gasteiger partial charge in [0.25, 0.3) is 0 Å². The maximum atomic E-state index is 12.3. The molecular weight excluding hydrogens is 292 g/mol. The van der Waals surface area contributed by atoms with E-state index in [0.29, 0.717) is 12.5 Å². The van der Waals surface area contributed by atoms with Gasteiger partial charge in [-0.2, -0.15) is 5.10 Å². The van der Waals surface area contributed by atoms with Gasteiger partial charge in [-0.1, -0.05) is 13.8 Å². The van der Waals surface area contributed by atoms with Gasteiger partial charge >= 0.3 is 0 Å². The van der Waals surface area contributed by atoms with E-state index in [9.17, 15) is 4.79 Å². The van der Waals surface area contributed by atoms with Crippen molar-refractivity contribution in [2.45, 2.75) is 59.5 Å². The van der Waals surface area contributed by atoms with Crippen LogP contribution in [-0.2, 0) is 11.3 Å². The summed E-state index contributed by atoms with van der Waals surface area (Å²) < 4.78 is 3.81. The van der Waals surface area contributed by atoms with Crippen LogP contribution in [0.3, 0.4) is 0 Å². The molecule has 1 amide bonds. The fourth-order valence-corrected chi connectivity index (χ4v) is 2.59. The Morgan fingerprint density at radius 1 is 1.30 bits per heavy atom. The molecule has 0 fully saturated rings. The summed E-state index contributed by atoms with van der Waals surface area (Å²) >= 11 is 0. The van der Waals surface area contributed by atoms with E-state index >= 15 is 0 Å². The second kappa shape index (κ2) is 7.39. The van der Waals surface area contributed by atoms with Crippen LogP contribution in [0.25, 0.3) is 0 Å². The van der Waals surface area contributed by atoms with E-state index in [0.717, 1.165) is 30.4 Å². The second-order valence-corrected chi connectivity index (χ2v) is 6.10. The summed E-state index contributed by atoms with van der Waals surface area (Å²) in [4.78, 5) is 20.9. The molecule has 7 nitrogen and oxygen atoms in total. The van der Waals surface area contributed by atoms with Crippen LogP contribution in [0.1, 0.15) is 56.6 Å². The Morgan fingerprint density at radius 3 is 2.65 bits per heavy atom. The number of nitrogens with one attached hydrogen (secondary N) is 1. The van der Waals surface area contributed by atoms with Crippen LogP contribution >= 0.6 is 0 Å². The lowest BCUT2D eigenvalue weighted by atomic mass is 10.2. The van der Waals surface area contributed by atoms with E-state index in [1.54, 1.807) is 6.20 Å². The van der Waals surface area contributed by atoms with Gasteiger partial charge in [0.1, 0.15) is 23.5 Å². The van der Waals surface area contributed by atoms with Gasteiger partial charge in [0.2, 0.25) is 5.91 Å². The summed E-state index contributed by atoms with van der Waals surface area (Å²) in [5, 5.41) is 7.30. The topological polar surface area (TPSA) is 77.6 Å². The van der Waals surface area contributed by atoms with Crippen LogP contribution in [0.4, 0.5) is 0 Å². The van der Waals surface area contributed by atoms with E-state index in [1.165, 1.54) is 0 Å². The number of aromatic nitrogens is 5. The fraction of sp³-hybridized carbons (Fsp3) is 0.625. The normalized spacial score (nSPS) is 12.6. The largest absolute Gasteiger partial charge is 0.354 e. The first-order valence-corrected chi connectivity index (χ1v) is 8.08. The molecule has 0 spiro atoms. The standard InChI is InChI=1S/C16H26N6O/c1-11(2)15-17-8-10-21(15)12(3)16(23)18-7-6-9-22-14(5)19-13(4)20-22/h8,10-12H,6-7,9H2,1-5H3,(H,18,23)/t12-/m1/s1. The first-order valence-electron chi connectivity index (χ1n) is 8.08. The third kappa shape index (κ3) is 4.18. The number of rotatable bonds is 7. The average molecular weight is 318 g/mol. The number of carbonyl (C=O) groups excluding carboxylic acids is 1. The average Bonchev–Trinajstić information content (AvgIpc) is 3.09. The van der Waals surface area contributed by atoms with Crippen LogP contribution < -0.4 is 5.32 Å². The number of aryl methyl sites for hydroxylation is 3. The molecule has 0 bridgehead atoms. The maximum absolute atomic E-state index is 12.3. The Labute approximate surface area is 137 Å². The highest BCUT2D eigenvalue weighted by molar-refractivity contribution is 5.79. The van der Waals surface area contributed by atoms with Crippen molar-refractivity contribution in [1.82, 2.24) is 29.6 Å². The lowest BCUT2D eigenvalue weighted by molar-refractivity contribution is -0.123. The van der Waals surface area contributed by atoms with Crippen LogP contribution in [0.5, 0.6) is 0 Å². The van der Waals surface area contributed by atoms with Crippen LogP contribution in [0.15, 0.2) is 12.4 Å². The van der Waals surface area contributed by atoms with Crippen molar-refractivity contribution in [3.05, 3.63) is 29.9 Å². The third-order valence-electron chi connectivity index (χ3n) is 3.82. The molecule has 2 rings (SSSR count). The molecule has 0 aromatic carbocycles. The molecule has 0 saturated carbocycles. The van der Waals surface area contributed by atoms with Crippen molar-refractivity contribution in [1.29, 1.82) is 0 Å². The minimum atomic E-state index is -0.259. The van der Waals surface area contributed by atoms with E-state index in [-0.39, 0.29) is 11.9 Å². The molecule has 0 aliphatic rings. The van der Waals surface area contributed by atoms with Gasteiger partial charge in [0.05, 0.1) is 0 Å². The zero-order valence-electron chi connectivity index (χ0n) is 14.6. The molecule has 0 unspecified atom stereocenters. The number of hydrogen-bond acceptors (Lipinski definition) is 4. The van der Waals surface area contributed by atoms with E-state index < -0.39 is 0 Å². The van der Waals surface area contributed by atoms with Crippen LogP contribution in [0, 0.1) is 13.8 Å². The number of amides is 1. The van der Waals surface area contributed by atoms with E-state index in [1.807, 2.05) is 36.2 Å². The predicted octanol–water partition coefficient (Wildman–Crippen LogP) is 1.98. The second-order valence-electron chi connectivity index (χ2n) is 6.10. The molecular formula is C16H26N6O. The summed E-state index contributed by atoms with van der Waals surface area (Å²) in [6.07, 6.45) is 4.43. The monoisotopic (exact) mass is 318 g/mol. The van der Waals surface area contributed by atoms with Crippen molar-refractivity contribution < 1.29 is 4.79 Å². The molecule has 0 radical (unpaired) electrons. The van der Waals surface area contributed by atoms with Crippen LogP contribution in [0.2, 0.25) is 0 Å². The number of nitrogens with zero attached hydrogens (tertiary/aromatic N) is 5. The number of carbonyl (C=O) groups is 1. The van der Waals surface area contributed by atoms with E-state index in [2.05, 4.69) is 34.2 Å². The Hall–Kier alpha value is -2.18. The van der Waals surface area contributed by atoms with E-state index in [4.69, 9.17) is 0 Å². The molecule has 126 valence electrons. The van der Waals surface area contributed by atoms with Crippen molar-refractivity contribution in [2.75, 3.05) is 6.54 Å². The minimum absolute atomic E-state index is 0.0105. The first-order chi connectivity index (χ1) is 10.9. The number of hydrogen-bond donors (Lipinski definition) is 1.